The SMILES string of the molecule is CC(=O)c1ccc2c(c1)c1cc(C(C)=O)ccc1n2CCCCCCCC(=O)NO. The number of aryl methyl sites for hydroxylation is 1. The van der Waals surface area contributed by atoms with Crippen LogP contribution in [0.25, 0.3) is 21.8 Å². The predicted molar refractivity (Wildman–Crippen MR) is 117 cm³/mol. The van der Waals surface area contributed by atoms with Crippen LogP contribution in [0.2, 0.25) is 0 Å². The van der Waals surface area contributed by atoms with Gasteiger partial charge in [-0.05, 0) is 63.1 Å². The number of fused-ring (bicyclic) bond motifs is 3. The molecule has 0 aliphatic heterocycles. The molecule has 0 radical (unpaired) electrons. The summed E-state index contributed by atoms with van der Waals surface area (Å²) in [6.07, 6.45) is 5.13. The lowest BCUT2D eigenvalue weighted by Gasteiger charge is -2.08. The quantitative estimate of drug-likeness (QED) is 0.213. The zero-order valence-electron chi connectivity index (χ0n) is 17.5. The number of hydrogen-bond donors (Lipinski definition) is 2. The molecule has 0 bridgehead atoms. The number of Topliss-reactive ketones (excluding diaryl/α,β-unsaturated/α-hetero) is 2. The molecule has 0 spiro atoms. The van der Waals surface area contributed by atoms with E-state index < -0.39 is 0 Å². The second-order valence-corrected chi connectivity index (χ2v) is 7.78. The molecular weight excluding hydrogens is 380 g/mol. The Morgan fingerprint density at radius 2 is 1.30 bits per heavy atom. The van der Waals surface area contributed by atoms with E-state index in [0.29, 0.717) is 17.5 Å². The first-order chi connectivity index (χ1) is 14.4. The van der Waals surface area contributed by atoms with Crippen molar-refractivity contribution in [1.29, 1.82) is 0 Å². The van der Waals surface area contributed by atoms with E-state index in [1.54, 1.807) is 19.3 Å². The number of benzene rings is 2. The average molecular weight is 408 g/mol. The zero-order valence-corrected chi connectivity index (χ0v) is 17.5. The van der Waals surface area contributed by atoms with E-state index in [2.05, 4.69) is 4.57 Å². The lowest BCUT2D eigenvalue weighted by Crippen LogP contribution is -2.17. The summed E-state index contributed by atoms with van der Waals surface area (Å²) in [5, 5.41) is 10.5. The number of carbonyl (C=O) groups excluding carboxylic acids is 3. The number of carbonyl (C=O) groups is 3. The fourth-order valence-electron chi connectivity index (χ4n) is 3.92. The summed E-state index contributed by atoms with van der Waals surface area (Å²) in [6.45, 7) is 3.97. The molecule has 0 saturated heterocycles. The second-order valence-electron chi connectivity index (χ2n) is 7.78. The number of rotatable bonds is 10. The molecule has 1 heterocycles. The lowest BCUT2D eigenvalue weighted by atomic mass is 10.0. The van der Waals surface area contributed by atoms with Gasteiger partial charge in [0.25, 0.3) is 0 Å². The van der Waals surface area contributed by atoms with Gasteiger partial charge < -0.3 is 4.57 Å². The average Bonchev–Trinajstić information content (AvgIpc) is 3.05. The van der Waals surface area contributed by atoms with Gasteiger partial charge in [-0.1, -0.05) is 19.3 Å². The number of nitrogens with one attached hydrogen (secondary N) is 1. The van der Waals surface area contributed by atoms with Crippen LogP contribution in [0.4, 0.5) is 0 Å². The van der Waals surface area contributed by atoms with Crippen molar-refractivity contribution in [2.45, 2.75) is 58.9 Å². The Bertz CT molecular complexity index is 1030. The first kappa shape index (κ1) is 21.7. The molecule has 1 amide bonds. The van der Waals surface area contributed by atoms with Crippen molar-refractivity contribution in [2.24, 2.45) is 0 Å². The number of nitrogens with zero attached hydrogens (tertiary/aromatic N) is 1. The van der Waals surface area contributed by atoms with E-state index in [0.717, 1.165) is 60.5 Å². The third kappa shape index (κ3) is 4.76. The second kappa shape index (κ2) is 9.67. The monoisotopic (exact) mass is 408 g/mol. The number of hydrogen-bond acceptors (Lipinski definition) is 4. The van der Waals surface area contributed by atoms with Gasteiger partial charge in [0.15, 0.2) is 11.6 Å². The third-order valence-electron chi connectivity index (χ3n) is 5.59. The van der Waals surface area contributed by atoms with Crippen molar-refractivity contribution in [3.05, 3.63) is 47.5 Å². The largest absolute Gasteiger partial charge is 0.340 e. The van der Waals surface area contributed by atoms with Crippen LogP contribution >= 0.6 is 0 Å². The first-order valence-electron chi connectivity index (χ1n) is 10.4. The van der Waals surface area contributed by atoms with Crippen molar-refractivity contribution >= 4 is 39.3 Å². The highest BCUT2D eigenvalue weighted by atomic mass is 16.5. The standard InChI is InChI=1S/C24H28N2O4/c1-16(27)18-9-11-22-20(14-18)21-15-19(17(2)28)10-12-23(21)26(22)13-7-5-3-4-6-8-24(29)25-30/h9-12,14-15,30H,3-8,13H2,1-2H3,(H,25,29). The summed E-state index contributed by atoms with van der Waals surface area (Å²) in [5.74, 6) is -0.291. The molecule has 0 aliphatic carbocycles. The molecule has 0 unspecified atom stereocenters. The van der Waals surface area contributed by atoms with Gasteiger partial charge >= 0.3 is 0 Å². The molecule has 3 aromatic rings. The van der Waals surface area contributed by atoms with Gasteiger partial charge in [0.05, 0.1) is 0 Å². The molecule has 0 atom stereocenters. The number of ketones is 2. The van der Waals surface area contributed by atoms with Crippen molar-refractivity contribution in [3.63, 3.8) is 0 Å². The molecule has 0 saturated carbocycles. The summed E-state index contributed by atoms with van der Waals surface area (Å²) in [6, 6.07) is 11.6. The summed E-state index contributed by atoms with van der Waals surface area (Å²) >= 11 is 0. The Labute approximate surface area is 175 Å². The molecule has 0 aliphatic rings. The number of amides is 1. The van der Waals surface area contributed by atoms with Crippen molar-refractivity contribution in [2.75, 3.05) is 0 Å². The Morgan fingerprint density at radius 1 is 0.800 bits per heavy atom. The first-order valence-corrected chi connectivity index (χ1v) is 10.4. The minimum absolute atomic E-state index is 0.0235. The highest BCUT2D eigenvalue weighted by molar-refractivity contribution is 6.12. The van der Waals surface area contributed by atoms with E-state index in [4.69, 9.17) is 5.21 Å². The highest BCUT2D eigenvalue weighted by Gasteiger charge is 2.14. The number of hydroxylamine groups is 1. The van der Waals surface area contributed by atoms with Gasteiger partial charge in [-0.15, -0.1) is 0 Å². The van der Waals surface area contributed by atoms with E-state index in [-0.39, 0.29) is 17.5 Å². The molecular formula is C24H28N2O4. The molecule has 30 heavy (non-hydrogen) atoms. The molecule has 0 fully saturated rings. The Kier molecular flexibility index (Phi) is 7.00. The Hall–Kier alpha value is -2.99. The van der Waals surface area contributed by atoms with Gasteiger partial charge in [0.2, 0.25) is 5.91 Å². The molecule has 6 heteroatoms. The molecule has 158 valence electrons. The van der Waals surface area contributed by atoms with E-state index >= 15 is 0 Å². The van der Waals surface area contributed by atoms with Crippen LogP contribution in [-0.2, 0) is 11.3 Å². The van der Waals surface area contributed by atoms with Crippen LogP contribution in [-0.4, -0.2) is 27.2 Å². The summed E-state index contributed by atoms with van der Waals surface area (Å²) < 4.78 is 2.26. The molecule has 2 aromatic carbocycles. The van der Waals surface area contributed by atoms with Crippen LogP contribution in [0, 0.1) is 0 Å². The van der Waals surface area contributed by atoms with Gasteiger partial charge in [-0.2, -0.15) is 0 Å². The molecule has 3 rings (SSSR count). The summed E-state index contributed by atoms with van der Waals surface area (Å²) in [5.41, 5.74) is 5.12. The number of unbranched alkanes of at least 4 members (excludes halogenated alkanes) is 4. The van der Waals surface area contributed by atoms with E-state index in [9.17, 15) is 14.4 Å². The topological polar surface area (TPSA) is 88.4 Å². The fraction of sp³-hybridized carbons (Fsp3) is 0.375. The van der Waals surface area contributed by atoms with Crippen molar-refractivity contribution in [1.82, 2.24) is 10.0 Å². The maximum absolute atomic E-state index is 11.9. The molecule has 1 aromatic heterocycles. The van der Waals surface area contributed by atoms with Gasteiger partial charge in [-0.25, -0.2) is 5.48 Å². The molecule has 6 nitrogen and oxygen atoms in total. The number of aromatic nitrogens is 1. The van der Waals surface area contributed by atoms with Crippen molar-refractivity contribution < 1.29 is 19.6 Å². The van der Waals surface area contributed by atoms with Gasteiger partial charge in [0.1, 0.15) is 0 Å². The minimum Gasteiger partial charge on any atom is -0.340 e. The predicted octanol–water partition coefficient (Wildman–Crippen LogP) is 5.05. The maximum Gasteiger partial charge on any atom is 0.243 e. The summed E-state index contributed by atoms with van der Waals surface area (Å²) in [4.78, 5) is 34.8. The maximum atomic E-state index is 11.9. The van der Waals surface area contributed by atoms with Crippen LogP contribution < -0.4 is 5.48 Å². The molecule has 2 N–H and O–H groups in total. The Morgan fingerprint density at radius 3 is 1.80 bits per heavy atom. The third-order valence-corrected chi connectivity index (χ3v) is 5.59. The Balaban J connectivity index is 1.80. The zero-order chi connectivity index (χ0) is 21.7. The van der Waals surface area contributed by atoms with Crippen LogP contribution in [0.15, 0.2) is 36.4 Å². The van der Waals surface area contributed by atoms with Crippen LogP contribution in [0.3, 0.4) is 0 Å². The highest BCUT2D eigenvalue weighted by Crippen LogP contribution is 2.31. The van der Waals surface area contributed by atoms with Crippen LogP contribution in [0.5, 0.6) is 0 Å². The van der Waals surface area contributed by atoms with Gasteiger partial charge in [-0.3, -0.25) is 19.6 Å². The van der Waals surface area contributed by atoms with Crippen LogP contribution in [0.1, 0.15) is 73.1 Å². The minimum atomic E-state index is -0.338. The summed E-state index contributed by atoms with van der Waals surface area (Å²) in [7, 11) is 0. The van der Waals surface area contributed by atoms with Gasteiger partial charge in [0, 0.05) is 45.9 Å². The normalized spacial score (nSPS) is 11.2. The van der Waals surface area contributed by atoms with E-state index in [1.807, 2.05) is 36.4 Å². The fourth-order valence-corrected chi connectivity index (χ4v) is 3.92. The van der Waals surface area contributed by atoms with Crippen molar-refractivity contribution in [3.8, 4) is 0 Å². The lowest BCUT2D eigenvalue weighted by molar-refractivity contribution is -0.129. The van der Waals surface area contributed by atoms with E-state index in [1.165, 1.54) is 0 Å². The smallest absolute Gasteiger partial charge is 0.243 e.